The highest BCUT2D eigenvalue weighted by molar-refractivity contribution is 5.95. The first kappa shape index (κ1) is 27.9. The highest BCUT2D eigenvalue weighted by atomic mass is 19.4. The summed E-state index contributed by atoms with van der Waals surface area (Å²) in [6, 6.07) is 16.8. The summed E-state index contributed by atoms with van der Waals surface area (Å²) in [5.74, 6) is 0.468. The molecule has 3 aromatic rings. The van der Waals surface area contributed by atoms with Crippen molar-refractivity contribution in [2.45, 2.75) is 38.0 Å². The Kier molecular flexibility index (Phi) is 9.35. The van der Waals surface area contributed by atoms with Crippen LogP contribution in [0, 0.1) is 0 Å². The van der Waals surface area contributed by atoms with Gasteiger partial charge in [0.15, 0.2) is 5.96 Å². The van der Waals surface area contributed by atoms with E-state index >= 15 is 0 Å². The largest absolute Gasteiger partial charge is 0.417 e. The van der Waals surface area contributed by atoms with Gasteiger partial charge < -0.3 is 20.9 Å². The molecule has 3 N–H and O–H groups in total. The summed E-state index contributed by atoms with van der Waals surface area (Å²) in [5.41, 5.74) is -0.170. The Morgan fingerprint density at radius 1 is 1.08 bits per heavy atom. The fourth-order valence-corrected chi connectivity index (χ4v) is 4.46. The monoisotopic (exact) mass is 539 g/mol. The predicted octanol–water partition coefficient (Wildman–Crippen LogP) is 3.99. The van der Waals surface area contributed by atoms with Crippen molar-refractivity contribution in [1.29, 1.82) is 0 Å². The number of benzene rings is 2. The molecular formula is C28H32F3N7O. The van der Waals surface area contributed by atoms with Gasteiger partial charge in [0, 0.05) is 44.1 Å². The van der Waals surface area contributed by atoms with E-state index in [2.05, 4.69) is 49.9 Å². The first-order chi connectivity index (χ1) is 18.8. The van der Waals surface area contributed by atoms with Crippen molar-refractivity contribution in [3.8, 4) is 0 Å². The number of alkyl halides is 3. The van der Waals surface area contributed by atoms with E-state index in [-0.39, 0.29) is 25.2 Å². The van der Waals surface area contributed by atoms with Crippen LogP contribution in [0.15, 0.2) is 78.0 Å². The van der Waals surface area contributed by atoms with E-state index in [1.807, 2.05) is 18.2 Å². The molecule has 4 rings (SSSR count). The van der Waals surface area contributed by atoms with Gasteiger partial charge in [-0.1, -0.05) is 42.5 Å². The molecule has 8 nitrogen and oxygen atoms in total. The van der Waals surface area contributed by atoms with Crippen LogP contribution in [0.25, 0.3) is 0 Å². The van der Waals surface area contributed by atoms with Crippen LogP contribution >= 0.6 is 0 Å². The van der Waals surface area contributed by atoms with Crippen LogP contribution in [0.1, 0.15) is 34.8 Å². The second-order valence-electron chi connectivity index (χ2n) is 9.39. The van der Waals surface area contributed by atoms with E-state index < -0.39 is 23.2 Å². The number of anilines is 1. The molecule has 2 unspecified atom stereocenters. The van der Waals surface area contributed by atoms with Gasteiger partial charge in [0.2, 0.25) is 5.95 Å². The molecule has 0 spiro atoms. The number of halogens is 3. The van der Waals surface area contributed by atoms with Crippen LogP contribution < -0.4 is 16.0 Å². The van der Waals surface area contributed by atoms with E-state index in [1.165, 1.54) is 23.8 Å². The maximum absolute atomic E-state index is 13.3. The highest BCUT2D eigenvalue weighted by Gasteiger charge is 2.34. The number of hydrogen-bond acceptors (Lipinski definition) is 5. The Balaban J connectivity index is 1.39. The first-order valence-electron chi connectivity index (χ1n) is 12.9. The molecule has 0 saturated carbocycles. The van der Waals surface area contributed by atoms with Gasteiger partial charge in [0.05, 0.1) is 17.7 Å². The summed E-state index contributed by atoms with van der Waals surface area (Å²) in [6.07, 6.45) is 0.407. The summed E-state index contributed by atoms with van der Waals surface area (Å²) in [4.78, 5) is 27.8. The molecule has 206 valence electrons. The Bertz CT molecular complexity index is 1240. The van der Waals surface area contributed by atoms with Gasteiger partial charge in [-0.15, -0.1) is 0 Å². The van der Waals surface area contributed by atoms with Crippen molar-refractivity contribution < 1.29 is 18.0 Å². The van der Waals surface area contributed by atoms with Gasteiger partial charge in [-0.2, -0.15) is 13.2 Å². The number of nitrogens with zero attached hydrogens (tertiary/aromatic N) is 4. The summed E-state index contributed by atoms with van der Waals surface area (Å²) in [5, 5.41) is 9.41. The third-order valence-corrected chi connectivity index (χ3v) is 6.28. The number of likely N-dealkylation sites (tertiary alicyclic amines) is 1. The minimum Gasteiger partial charge on any atom is -0.353 e. The SMILES string of the molecule is CC(Cc1ccccc1)NC(=NCCNC(=O)c1ccccc1C(F)(F)F)N1CCC(Nc2ncccn2)C1. The van der Waals surface area contributed by atoms with E-state index in [0.29, 0.717) is 18.5 Å². The van der Waals surface area contributed by atoms with Gasteiger partial charge in [-0.3, -0.25) is 9.79 Å². The van der Waals surface area contributed by atoms with Crippen molar-refractivity contribution >= 4 is 17.8 Å². The quantitative estimate of drug-likeness (QED) is 0.216. The number of rotatable bonds is 9. The Hall–Kier alpha value is -4.15. The molecule has 39 heavy (non-hydrogen) atoms. The van der Waals surface area contributed by atoms with Gasteiger partial charge in [-0.05, 0) is 43.5 Å². The average Bonchev–Trinajstić information content (AvgIpc) is 3.39. The van der Waals surface area contributed by atoms with Crippen molar-refractivity contribution in [1.82, 2.24) is 25.5 Å². The number of aromatic nitrogens is 2. The van der Waals surface area contributed by atoms with Crippen LogP contribution in [-0.4, -0.2) is 65.0 Å². The van der Waals surface area contributed by atoms with E-state index in [4.69, 9.17) is 4.99 Å². The van der Waals surface area contributed by atoms with Crippen LogP contribution in [0.5, 0.6) is 0 Å². The molecule has 1 aliphatic heterocycles. The van der Waals surface area contributed by atoms with Crippen LogP contribution in [-0.2, 0) is 12.6 Å². The number of aliphatic imine (C=N–C) groups is 1. The van der Waals surface area contributed by atoms with Crippen LogP contribution in [0.2, 0.25) is 0 Å². The Labute approximate surface area is 225 Å². The van der Waals surface area contributed by atoms with Gasteiger partial charge in [-0.25, -0.2) is 9.97 Å². The van der Waals surface area contributed by atoms with E-state index in [0.717, 1.165) is 25.5 Å². The molecule has 1 saturated heterocycles. The molecule has 0 bridgehead atoms. The minimum absolute atomic E-state index is 0.0730. The molecule has 1 aliphatic rings. The van der Waals surface area contributed by atoms with Crippen molar-refractivity contribution in [3.63, 3.8) is 0 Å². The number of nitrogens with one attached hydrogen (secondary N) is 3. The smallest absolute Gasteiger partial charge is 0.353 e. The molecule has 0 radical (unpaired) electrons. The van der Waals surface area contributed by atoms with Crippen LogP contribution in [0.4, 0.5) is 19.1 Å². The molecular weight excluding hydrogens is 507 g/mol. The number of carbonyl (C=O) groups excluding carboxylic acids is 1. The summed E-state index contributed by atoms with van der Waals surface area (Å²) < 4.78 is 39.9. The minimum atomic E-state index is -4.61. The predicted molar refractivity (Wildman–Crippen MR) is 144 cm³/mol. The topological polar surface area (TPSA) is 94.5 Å². The maximum atomic E-state index is 13.3. The summed E-state index contributed by atoms with van der Waals surface area (Å²) in [7, 11) is 0. The molecule has 11 heteroatoms. The lowest BCUT2D eigenvalue weighted by Crippen LogP contribution is -2.46. The highest BCUT2D eigenvalue weighted by Crippen LogP contribution is 2.31. The Morgan fingerprint density at radius 3 is 2.54 bits per heavy atom. The first-order valence-corrected chi connectivity index (χ1v) is 12.9. The van der Waals surface area contributed by atoms with E-state index in [9.17, 15) is 18.0 Å². The second-order valence-corrected chi connectivity index (χ2v) is 9.39. The fraction of sp³-hybridized carbons (Fsp3) is 0.357. The molecule has 1 aromatic heterocycles. The van der Waals surface area contributed by atoms with Crippen molar-refractivity contribution in [2.75, 3.05) is 31.5 Å². The van der Waals surface area contributed by atoms with Crippen LogP contribution in [0.3, 0.4) is 0 Å². The fourth-order valence-electron chi connectivity index (χ4n) is 4.46. The second kappa shape index (κ2) is 13.1. The number of carbonyl (C=O) groups is 1. The zero-order valence-corrected chi connectivity index (χ0v) is 21.7. The molecule has 2 aromatic carbocycles. The standard InChI is InChI=1S/C28H32F3N7O/c1-20(18-21-8-3-2-4-9-21)36-27(38-17-12-22(19-38)37-26-33-13-7-14-34-26)35-16-15-32-25(39)23-10-5-6-11-24(23)28(29,30)31/h2-11,13-14,20,22H,12,15-19H2,1H3,(H,32,39)(H,35,36)(H,33,34,37). The maximum Gasteiger partial charge on any atom is 0.417 e. The zero-order valence-electron chi connectivity index (χ0n) is 21.7. The van der Waals surface area contributed by atoms with E-state index in [1.54, 1.807) is 18.5 Å². The summed E-state index contributed by atoms with van der Waals surface area (Å²) >= 11 is 0. The molecule has 2 atom stereocenters. The number of amides is 1. The molecule has 1 amide bonds. The third kappa shape index (κ3) is 8.17. The lowest BCUT2D eigenvalue weighted by Gasteiger charge is -2.25. The normalized spacial score (nSPS) is 16.6. The number of guanidine groups is 1. The van der Waals surface area contributed by atoms with Gasteiger partial charge >= 0.3 is 6.18 Å². The lowest BCUT2D eigenvalue weighted by atomic mass is 10.1. The zero-order chi connectivity index (χ0) is 27.7. The average molecular weight is 540 g/mol. The van der Waals surface area contributed by atoms with Gasteiger partial charge in [0.25, 0.3) is 5.91 Å². The third-order valence-electron chi connectivity index (χ3n) is 6.28. The molecule has 0 aliphatic carbocycles. The number of hydrogen-bond donors (Lipinski definition) is 3. The lowest BCUT2D eigenvalue weighted by molar-refractivity contribution is -0.137. The Morgan fingerprint density at radius 2 is 1.79 bits per heavy atom. The summed E-state index contributed by atoms with van der Waals surface area (Å²) in [6.45, 7) is 3.79. The van der Waals surface area contributed by atoms with Crippen molar-refractivity contribution in [2.24, 2.45) is 4.99 Å². The molecule has 2 heterocycles. The molecule has 1 fully saturated rings. The van der Waals surface area contributed by atoms with Crippen molar-refractivity contribution in [3.05, 3.63) is 89.7 Å². The van der Waals surface area contributed by atoms with Gasteiger partial charge in [0.1, 0.15) is 0 Å².